The first kappa shape index (κ1) is 13.5. The summed E-state index contributed by atoms with van der Waals surface area (Å²) in [6.45, 7) is 9.08. The van der Waals surface area contributed by atoms with Gasteiger partial charge >= 0.3 is 0 Å². The number of nitrogens with zero attached hydrogens (tertiary/aromatic N) is 3. The Morgan fingerprint density at radius 1 is 1.56 bits per heavy atom. The molecule has 0 spiro atoms. The Bertz CT molecular complexity index is 375. The Balaban J connectivity index is 1.80. The first-order chi connectivity index (χ1) is 8.59. The van der Waals surface area contributed by atoms with Crippen molar-refractivity contribution in [3.05, 3.63) is 11.9 Å². The topological polar surface area (TPSA) is 52.0 Å². The molecular formula is C13H24N4O. The normalized spacial score (nSPS) is 22.5. The number of rotatable bonds is 6. The van der Waals surface area contributed by atoms with E-state index < -0.39 is 0 Å². The first-order valence-electron chi connectivity index (χ1n) is 6.86. The molecule has 1 aliphatic heterocycles. The van der Waals surface area contributed by atoms with Gasteiger partial charge in [0.15, 0.2) is 0 Å². The highest BCUT2D eigenvalue weighted by molar-refractivity contribution is 4.92. The molecule has 1 atom stereocenters. The summed E-state index contributed by atoms with van der Waals surface area (Å²) in [4.78, 5) is 0. The van der Waals surface area contributed by atoms with Gasteiger partial charge in [0.05, 0.1) is 23.9 Å². The van der Waals surface area contributed by atoms with Gasteiger partial charge in [-0.05, 0) is 39.7 Å². The molecule has 18 heavy (non-hydrogen) atoms. The second-order valence-electron chi connectivity index (χ2n) is 5.65. The van der Waals surface area contributed by atoms with Crippen molar-refractivity contribution in [3.63, 3.8) is 0 Å². The van der Waals surface area contributed by atoms with Crippen LogP contribution in [0.2, 0.25) is 0 Å². The second-order valence-corrected chi connectivity index (χ2v) is 5.65. The fourth-order valence-electron chi connectivity index (χ4n) is 2.32. The average Bonchev–Trinajstić information content (AvgIpc) is 2.87. The van der Waals surface area contributed by atoms with Gasteiger partial charge in [-0.15, -0.1) is 5.10 Å². The summed E-state index contributed by atoms with van der Waals surface area (Å²) in [5, 5.41) is 11.6. The third kappa shape index (κ3) is 3.78. The molecule has 1 aliphatic rings. The van der Waals surface area contributed by atoms with Crippen molar-refractivity contribution in [2.75, 3.05) is 6.54 Å². The zero-order valence-electron chi connectivity index (χ0n) is 11.6. The van der Waals surface area contributed by atoms with E-state index in [1.54, 1.807) is 0 Å². The lowest BCUT2D eigenvalue weighted by Gasteiger charge is -2.18. The minimum Gasteiger partial charge on any atom is -0.370 e. The molecule has 1 aromatic rings. The summed E-state index contributed by atoms with van der Waals surface area (Å²) in [6, 6.07) is 0. The van der Waals surface area contributed by atoms with Gasteiger partial charge in [-0.2, -0.15) is 0 Å². The molecule has 0 bridgehead atoms. The molecule has 5 nitrogen and oxygen atoms in total. The molecule has 1 aromatic heterocycles. The van der Waals surface area contributed by atoms with Gasteiger partial charge in [0.25, 0.3) is 0 Å². The van der Waals surface area contributed by atoms with Crippen LogP contribution in [0.5, 0.6) is 0 Å². The van der Waals surface area contributed by atoms with E-state index >= 15 is 0 Å². The second kappa shape index (κ2) is 5.80. The molecule has 0 aliphatic carbocycles. The fraction of sp³-hybridized carbons (Fsp3) is 0.846. The molecule has 1 fully saturated rings. The highest BCUT2D eigenvalue weighted by Crippen LogP contribution is 2.29. The van der Waals surface area contributed by atoms with Crippen molar-refractivity contribution in [1.29, 1.82) is 0 Å². The summed E-state index contributed by atoms with van der Waals surface area (Å²) in [7, 11) is 0. The van der Waals surface area contributed by atoms with Crippen LogP contribution in [0.1, 0.15) is 45.7 Å². The third-order valence-electron chi connectivity index (χ3n) is 3.26. The molecule has 1 saturated heterocycles. The average molecular weight is 252 g/mol. The molecule has 2 rings (SSSR count). The number of hydrogen-bond acceptors (Lipinski definition) is 4. The molecule has 102 valence electrons. The maximum atomic E-state index is 5.96. The van der Waals surface area contributed by atoms with E-state index in [0.717, 1.165) is 44.6 Å². The SMILES string of the molecule is CCCNCc1cn(CC2CCC(C)(C)O2)nn1. The minimum atomic E-state index is 0.0246. The lowest BCUT2D eigenvalue weighted by Crippen LogP contribution is -2.23. The highest BCUT2D eigenvalue weighted by atomic mass is 16.5. The highest BCUT2D eigenvalue weighted by Gasteiger charge is 2.31. The van der Waals surface area contributed by atoms with Crippen molar-refractivity contribution >= 4 is 0 Å². The zero-order valence-corrected chi connectivity index (χ0v) is 11.6. The van der Waals surface area contributed by atoms with E-state index in [1.807, 2.05) is 10.9 Å². The van der Waals surface area contributed by atoms with Gasteiger partial charge < -0.3 is 10.1 Å². The summed E-state index contributed by atoms with van der Waals surface area (Å²) >= 11 is 0. The minimum absolute atomic E-state index is 0.0246. The van der Waals surface area contributed by atoms with Crippen LogP contribution in [-0.4, -0.2) is 33.2 Å². The Labute approximate surface area is 109 Å². The summed E-state index contributed by atoms with van der Waals surface area (Å²) in [5.41, 5.74) is 1.03. The number of hydrogen-bond donors (Lipinski definition) is 1. The molecular weight excluding hydrogens is 228 g/mol. The van der Waals surface area contributed by atoms with Crippen molar-refractivity contribution in [3.8, 4) is 0 Å². The van der Waals surface area contributed by atoms with Crippen LogP contribution in [0, 0.1) is 0 Å². The van der Waals surface area contributed by atoms with Crippen molar-refractivity contribution < 1.29 is 4.74 Å². The monoisotopic (exact) mass is 252 g/mol. The van der Waals surface area contributed by atoms with Crippen molar-refractivity contribution in [1.82, 2.24) is 20.3 Å². The predicted octanol–water partition coefficient (Wildman–Crippen LogP) is 1.74. The Kier molecular flexibility index (Phi) is 4.35. The maximum Gasteiger partial charge on any atom is 0.0964 e. The van der Waals surface area contributed by atoms with Gasteiger partial charge in [0.2, 0.25) is 0 Å². The fourth-order valence-corrected chi connectivity index (χ4v) is 2.32. The lowest BCUT2D eigenvalue weighted by molar-refractivity contribution is -0.0231. The van der Waals surface area contributed by atoms with E-state index in [2.05, 4.69) is 36.4 Å². The van der Waals surface area contributed by atoms with Crippen LogP contribution in [0.3, 0.4) is 0 Å². The van der Waals surface area contributed by atoms with Crippen LogP contribution < -0.4 is 5.32 Å². The summed E-state index contributed by atoms with van der Waals surface area (Å²) in [5.74, 6) is 0. The van der Waals surface area contributed by atoms with Crippen molar-refractivity contribution in [2.24, 2.45) is 0 Å². The van der Waals surface area contributed by atoms with E-state index in [9.17, 15) is 0 Å². The van der Waals surface area contributed by atoms with Crippen LogP contribution in [0.4, 0.5) is 0 Å². The van der Waals surface area contributed by atoms with Crippen LogP contribution >= 0.6 is 0 Å². The van der Waals surface area contributed by atoms with Crippen LogP contribution in [-0.2, 0) is 17.8 Å². The van der Waals surface area contributed by atoms with Crippen LogP contribution in [0.15, 0.2) is 6.20 Å². The Hall–Kier alpha value is -0.940. The Morgan fingerprint density at radius 2 is 2.39 bits per heavy atom. The lowest BCUT2D eigenvalue weighted by atomic mass is 10.1. The van der Waals surface area contributed by atoms with E-state index in [0.29, 0.717) is 0 Å². The predicted molar refractivity (Wildman–Crippen MR) is 70.2 cm³/mol. The van der Waals surface area contributed by atoms with Gasteiger partial charge in [-0.1, -0.05) is 12.1 Å². The molecule has 0 aromatic carbocycles. The van der Waals surface area contributed by atoms with Gasteiger partial charge in [0.1, 0.15) is 0 Å². The number of ether oxygens (including phenoxy) is 1. The largest absolute Gasteiger partial charge is 0.370 e. The van der Waals surface area contributed by atoms with E-state index in [1.165, 1.54) is 0 Å². The van der Waals surface area contributed by atoms with Crippen molar-refractivity contribution in [2.45, 2.75) is 64.8 Å². The van der Waals surface area contributed by atoms with Gasteiger partial charge in [-0.25, -0.2) is 4.68 Å². The zero-order chi connectivity index (χ0) is 13.0. The molecule has 1 unspecified atom stereocenters. The van der Waals surface area contributed by atoms with Gasteiger partial charge in [-0.3, -0.25) is 0 Å². The molecule has 0 amide bonds. The Morgan fingerprint density at radius 3 is 3.06 bits per heavy atom. The summed E-state index contributed by atoms with van der Waals surface area (Å²) in [6.07, 6.45) is 5.66. The first-order valence-corrected chi connectivity index (χ1v) is 6.86. The summed E-state index contributed by atoms with van der Waals surface area (Å²) < 4.78 is 7.85. The molecule has 0 radical (unpaired) electrons. The molecule has 5 heteroatoms. The number of aromatic nitrogens is 3. The maximum absolute atomic E-state index is 5.96. The van der Waals surface area contributed by atoms with E-state index in [-0.39, 0.29) is 11.7 Å². The van der Waals surface area contributed by atoms with Gasteiger partial charge in [0, 0.05) is 12.7 Å². The smallest absolute Gasteiger partial charge is 0.0964 e. The quantitative estimate of drug-likeness (QED) is 0.783. The van der Waals surface area contributed by atoms with Crippen LogP contribution in [0.25, 0.3) is 0 Å². The molecule has 2 heterocycles. The molecule has 1 N–H and O–H groups in total. The van der Waals surface area contributed by atoms with E-state index in [4.69, 9.17) is 4.74 Å². The standard InChI is InChI=1S/C13H24N4O/c1-4-7-14-8-11-9-17(16-15-11)10-12-5-6-13(2,3)18-12/h9,12,14H,4-8,10H2,1-3H3. The number of nitrogens with one attached hydrogen (secondary N) is 1. The third-order valence-corrected chi connectivity index (χ3v) is 3.26. The molecule has 0 saturated carbocycles.